The summed E-state index contributed by atoms with van der Waals surface area (Å²) >= 11 is 0. The van der Waals surface area contributed by atoms with Gasteiger partial charge in [0.25, 0.3) is 0 Å². The van der Waals surface area contributed by atoms with E-state index in [2.05, 4.69) is 0 Å². The summed E-state index contributed by atoms with van der Waals surface area (Å²) in [5, 5.41) is 0. The van der Waals surface area contributed by atoms with Crippen LogP contribution in [0.4, 0.5) is 13.2 Å². The molecule has 0 bridgehead atoms. The molecular weight excluding hydrogens is 373 g/mol. The predicted molar refractivity (Wildman–Crippen MR) is 92.8 cm³/mol. The van der Waals surface area contributed by atoms with Crippen molar-refractivity contribution >= 4 is 20.4 Å². The summed E-state index contributed by atoms with van der Waals surface area (Å²) in [6.07, 6.45) is 1.23. The number of hydrogen-bond acceptors (Lipinski definition) is 3. The van der Waals surface area contributed by atoms with Crippen LogP contribution in [0, 0.1) is 0 Å². The molecule has 0 saturated heterocycles. The van der Waals surface area contributed by atoms with Gasteiger partial charge in [0.1, 0.15) is 0 Å². The van der Waals surface area contributed by atoms with Gasteiger partial charge < -0.3 is 0 Å². The van der Waals surface area contributed by atoms with Crippen LogP contribution in [0.3, 0.4) is 0 Å². The molecule has 8 heteroatoms. The van der Waals surface area contributed by atoms with Crippen LogP contribution < -0.4 is 0 Å². The molecule has 138 valence electrons. The van der Waals surface area contributed by atoms with Crippen molar-refractivity contribution in [1.82, 2.24) is 0 Å². The average molecular weight is 392 g/mol. The van der Waals surface area contributed by atoms with E-state index in [-0.39, 0.29) is 5.75 Å². The fourth-order valence-corrected chi connectivity index (χ4v) is 7.37. The van der Waals surface area contributed by atoms with Gasteiger partial charge >= 0.3 is 15.6 Å². The van der Waals surface area contributed by atoms with Crippen molar-refractivity contribution in [3.63, 3.8) is 0 Å². The van der Waals surface area contributed by atoms with E-state index in [9.17, 15) is 21.6 Å². The summed E-state index contributed by atoms with van der Waals surface area (Å²) in [4.78, 5) is 0.893. The third kappa shape index (κ3) is 4.37. The molecule has 0 saturated carbocycles. The second-order valence-corrected chi connectivity index (χ2v) is 9.94. The molecule has 3 nitrogen and oxygen atoms in total. The van der Waals surface area contributed by atoms with Crippen LogP contribution in [0.15, 0.2) is 70.5 Å². The summed E-state index contributed by atoms with van der Waals surface area (Å²) < 4.78 is 67.8. The van der Waals surface area contributed by atoms with Crippen molar-refractivity contribution < 1.29 is 25.2 Å². The zero-order valence-corrected chi connectivity index (χ0v) is 15.2. The molecule has 0 aliphatic carbocycles. The first kappa shape index (κ1) is 19.8. The highest BCUT2D eigenvalue weighted by molar-refractivity contribution is 8.33. The smallest absolute Gasteiger partial charge is 0.204 e. The second-order valence-electron chi connectivity index (χ2n) is 5.33. The molecule has 0 unspecified atom stereocenters. The Morgan fingerprint density at radius 1 is 0.880 bits per heavy atom. The monoisotopic (exact) mass is 392 g/mol. The first-order chi connectivity index (χ1) is 11.7. The average Bonchev–Trinajstić information content (AvgIpc) is 2.59. The molecule has 25 heavy (non-hydrogen) atoms. The van der Waals surface area contributed by atoms with Gasteiger partial charge in [0, 0.05) is 15.5 Å². The lowest BCUT2D eigenvalue weighted by atomic mass is 10.4. The van der Waals surface area contributed by atoms with Crippen molar-refractivity contribution in [3.05, 3.63) is 60.7 Å². The minimum Gasteiger partial charge on any atom is -0.204 e. The van der Waals surface area contributed by atoms with E-state index in [0.717, 1.165) is 0 Å². The van der Waals surface area contributed by atoms with Crippen LogP contribution in [0.1, 0.15) is 19.8 Å². The van der Waals surface area contributed by atoms with Crippen molar-refractivity contribution in [2.45, 2.75) is 35.1 Å². The number of benzene rings is 2. The minimum atomic E-state index is -5.75. The molecule has 0 aliphatic rings. The topological polar surface area (TPSA) is 43.4 Å². The van der Waals surface area contributed by atoms with Crippen molar-refractivity contribution in [1.29, 1.82) is 0 Å². The predicted octanol–water partition coefficient (Wildman–Crippen LogP) is 5.49. The van der Waals surface area contributed by atoms with Gasteiger partial charge in [-0.25, -0.2) is 3.63 Å². The lowest BCUT2D eigenvalue weighted by molar-refractivity contribution is -0.0496. The van der Waals surface area contributed by atoms with E-state index in [0.29, 0.717) is 22.6 Å². The molecule has 2 aromatic carbocycles. The van der Waals surface area contributed by atoms with Crippen molar-refractivity contribution in [2.75, 3.05) is 5.75 Å². The van der Waals surface area contributed by atoms with Crippen LogP contribution >= 0.6 is 10.3 Å². The quantitative estimate of drug-likeness (QED) is 0.585. The molecule has 2 rings (SSSR count). The maximum Gasteiger partial charge on any atom is 0.523 e. The van der Waals surface area contributed by atoms with E-state index < -0.39 is 25.9 Å². The second kappa shape index (κ2) is 7.80. The normalized spacial score (nSPS) is 13.6. The van der Waals surface area contributed by atoms with Crippen LogP contribution in [-0.4, -0.2) is 19.7 Å². The Balaban J connectivity index is 2.68. The highest BCUT2D eigenvalue weighted by atomic mass is 32.3. The zero-order chi connectivity index (χ0) is 18.6. The first-order valence-corrected chi connectivity index (χ1v) is 10.8. The minimum absolute atomic E-state index is 0.187. The lowest BCUT2D eigenvalue weighted by Crippen LogP contribution is -2.28. The van der Waals surface area contributed by atoms with E-state index in [1.165, 1.54) is 0 Å². The van der Waals surface area contributed by atoms with Gasteiger partial charge in [0.05, 0.1) is 0 Å². The standard InChI is InChI=1S/C17H19F3O3S2/c1-2-3-14-24(15-10-6-4-7-11-15,16-12-8-5-9-13-16)23-25(21,22)17(18,19)20/h4-13H,2-3,14H2,1H3. The summed E-state index contributed by atoms with van der Waals surface area (Å²) in [7, 11) is -8.61. The molecule has 0 N–H and O–H groups in total. The van der Waals surface area contributed by atoms with Gasteiger partial charge in [0.2, 0.25) is 0 Å². The van der Waals surface area contributed by atoms with E-state index >= 15 is 0 Å². The third-order valence-electron chi connectivity index (χ3n) is 3.52. The number of rotatable bonds is 7. The molecule has 0 atom stereocenters. The van der Waals surface area contributed by atoms with Gasteiger partial charge in [-0.15, -0.1) is 0 Å². The Morgan fingerprint density at radius 2 is 1.32 bits per heavy atom. The van der Waals surface area contributed by atoms with Gasteiger partial charge in [-0.3, -0.25) is 0 Å². The van der Waals surface area contributed by atoms with Gasteiger partial charge in [-0.1, -0.05) is 60.1 Å². The number of alkyl halides is 3. The van der Waals surface area contributed by atoms with E-state index in [1.807, 2.05) is 6.92 Å². The number of unbranched alkanes of at least 4 members (excludes halogenated alkanes) is 1. The molecule has 0 aromatic heterocycles. The van der Waals surface area contributed by atoms with E-state index in [1.54, 1.807) is 60.7 Å². The first-order valence-electron chi connectivity index (χ1n) is 7.66. The Morgan fingerprint density at radius 3 is 1.68 bits per heavy atom. The molecule has 0 aliphatic heterocycles. The molecule has 0 fully saturated rings. The number of halogens is 3. The molecule has 2 aromatic rings. The Labute approximate surface area is 147 Å². The van der Waals surface area contributed by atoms with Gasteiger partial charge in [-0.2, -0.15) is 21.6 Å². The lowest BCUT2D eigenvalue weighted by Gasteiger charge is -2.39. The van der Waals surface area contributed by atoms with Crippen molar-refractivity contribution in [3.8, 4) is 0 Å². The van der Waals surface area contributed by atoms with E-state index in [4.69, 9.17) is 3.63 Å². The SMILES string of the molecule is CCCCS(OS(=O)(=O)C(F)(F)F)(c1ccccc1)c1ccccc1. The summed E-state index contributed by atoms with van der Waals surface area (Å²) in [6, 6.07) is 16.5. The van der Waals surface area contributed by atoms with Gasteiger partial charge in [0.15, 0.2) is 0 Å². The molecule has 0 heterocycles. The number of hydrogen-bond donors (Lipinski definition) is 0. The van der Waals surface area contributed by atoms with Crippen molar-refractivity contribution in [2.24, 2.45) is 0 Å². The molecule has 0 radical (unpaired) electrons. The zero-order valence-electron chi connectivity index (χ0n) is 13.6. The largest absolute Gasteiger partial charge is 0.523 e. The summed E-state index contributed by atoms with van der Waals surface area (Å²) in [5.41, 5.74) is -5.47. The Hall–Kier alpha value is -1.51. The maximum atomic E-state index is 13.0. The molecule has 0 spiro atoms. The molecular formula is C17H19F3O3S2. The highest BCUT2D eigenvalue weighted by Crippen LogP contribution is 2.65. The Kier molecular flexibility index (Phi) is 6.18. The fraction of sp³-hybridized carbons (Fsp3) is 0.294. The van der Waals surface area contributed by atoms with Crippen LogP contribution in [0.2, 0.25) is 0 Å². The summed E-state index contributed by atoms with van der Waals surface area (Å²) in [5.74, 6) is 0.187. The summed E-state index contributed by atoms with van der Waals surface area (Å²) in [6.45, 7) is 1.89. The van der Waals surface area contributed by atoms with Crippen LogP contribution in [-0.2, 0) is 13.7 Å². The maximum absolute atomic E-state index is 13.0. The fourth-order valence-electron chi connectivity index (χ4n) is 2.30. The van der Waals surface area contributed by atoms with Crippen LogP contribution in [0.25, 0.3) is 0 Å². The third-order valence-corrected chi connectivity index (χ3v) is 8.67. The highest BCUT2D eigenvalue weighted by Gasteiger charge is 2.51. The van der Waals surface area contributed by atoms with Gasteiger partial charge in [-0.05, 0) is 30.7 Å². The molecule has 0 amide bonds. The Bertz CT molecular complexity index is 736. The van der Waals surface area contributed by atoms with Crippen LogP contribution in [0.5, 0.6) is 0 Å².